The molecule has 2 heterocycles. The van der Waals surface area contributed by atoms with E-state index in [2.05, 4.69) is 0 Å². The van der Waals surface area contributed by atoms with E-state index in [9.17, 15) is 27.8 Å². The van der Waals surface area contributed by atoms with Crippen molar-refractivity contribution in [2.45, 2.75) is 51.4 Å². The predicted octanol–water partition coefficient (Wildman–Crippen LogP) is 4.60. The van der Waals surface area contributed by atoms with E-state index in [4.69, 9.17) is 14.8 Å². The zero-order valence-electron chi connectivity index (χ0n) is 22.3. The number of carboxylic acid groups (broad SMARTS) is 1. The maximum Gasteiger partial charge on any atom is 0.305 e. The van der Waals surface area contributed by atoms with Crippen molar-refractivity contribution in [1.82, 2.24) is 4.98 Å². The lowest BCUT2D eigenvalue weighted by Gasteiger charge is -2.26. The zero-order valence-corrected chi connectivity index (χ0v) is 23.1. The molecule has 0 fully saturated rings. The second kappa shape index (κ2) is 11.7. The van der Waals surface area contributed by atoms with Crippen LogP contribution < -0.4 is 9.04 Å². The predicted molar refractivity (Wildman–Crippen MR) is 149 cm³/mol. The number of aliphatic carboxylic acids is 1. The molecule has 3 N–H and O–H groups in total. The van der Waals surface area contributed by atoms with Gasteiger partial charge in [0.05, 0.1) is 30.6 Å². The van der Waals surface area contributed by atoms with E-state index >= 15 is 0 Å². The van der Waals surface area contributed by atoms with Crippen LogP contribution in [-0.2, 0) is 21.4 Å². The second-order valence-electron chi connectivity index (χ2n) is 9.95. The first-order chi connectivity index (χ1) is 18.9. The smallest absolute Gasteiger partial charge is 0.305 e. The first-order valence-corrected chi connectivity index (χ1v) is 14.5. The van der Waals surface area contributed by atoms with Crippen LogP contribution >= 0.6 is 0 Å². The van der Waals surface area contributed by atoms with Crippen molar-refractivity contribution in [2.24, 2.45) is 0 Å². The topological polar surface area (TPSA) is 137 Å². The molecule has 40 heavy (non-hydrogen) atoms. The molecule has 0 amide bonds. The molecule has 11 heteroatoms. The van der Waals surface area contributed by atoms with Crippen LogP contribution in [0.2, 0.25) is 0 Å². The normalized spacial score (nSPS) is 14.8. The van der Waals surface area contributed by atoms with Crippen LogP contribution in [0.5, 0.6) is 5.75 Å². The van der Waals surface area contributed by atoms with E-state index in [1.54, 1.807) is 42.5 Å². The summed E-state index contributed by atoms with van der Waals surface area (Å²) in [5.41, 5.74) is 2.94. The first-order valence-electron chi connectivity index (χ1n) is 12.7. The van der Waals surface area contributed by atoms with Crippen LogP contribution in [0.3, 0.4) is 0 Å². The van der Waals surface area contributed by atoms with Gasteiger partial charge in [0.15, 0.2) is 5.82 Å². The molecule has 0 unspecified atom stereocenters. The number of aliphatic hydroxyl groups excluding tert-OH is 2. The molecule has 4 rings (SSSR count). The molecule has 2 atom stereocenters. The number of carboxylic acids is 1. The van der Waals surface area contributed by atoms with E-state index < -0.39 is 40.4 Å². The molecule has 9 nitrogen and oxygen atoms in total. The lowest BCUT2D eigenvalue weighted by Crippen LogP contribution is -2.27. The van der Waals surface area contributed by atoms with Gasteiger partial charge in [-0.05, 0) is 35.7 Å². The molecule has 0 radical (unpaired) electrons. The summed E-state index contributed by atoms with van der Waals surface area (Å²) in [6, 6.07) is 12.5. The minimum absolute atomic E-state index is 0.0445. The van der Waals surface area contributed by atoms with Gasteiger partial charge in [-0.15, -0.1) is 0 Å². The summed E-state index contributed by atoms with van der Waals surface area (Å²) in [4.78, 5) is 15.7. The van der Waals surface area contributed by atoms with Gasteiger partial charge >= 0.3 is 5.97 Å². The Balaban J connectivity index is 1.98. The third kappa shape index (κ3) is 6.33. The van der Waals surface area contributed by atoms with Crippen molar-refractivity contribution in [3.63, 3.8) is 0 Å². The van der Waals surface area contributed by atoms with E-state index in [0.717, 1.165) is 10.6 Å². The highest BCUT2D eigenvalue weighted by Crippen LogP contribution is 2.46. The van der Waals surface area contributed by atoms with Gasteiger partial charge in [-0.25, -0.2) is 22.1 Å². The molecule has 0 saturated heterocycles. The number of nitrogens with zero attached hydrogens (tertiary/aromatic N) is 2. The number of benzene rings is 2. The Hall–Kier alpha value is -3.80. The van der Waals surface area contributed by atoms with Crippen molar-refractivity contribution in [3.8, 4) is 16.9 Å². The summed E-state index contributed by atoms with van der Waals surface area (Å²) in [7, 11) is -3.89. The third-order valence-electron chi connectivity index (χ3n) is 6.41. The van der Waals surface area contributed by atoms with Crippen LogP contribution in [0.4, 0.5) is 15.9 Å². The monoisotopic (exact) mass is 570 g/mol. The van der Waals surface area contributed by atoms with Crippen LogP contribution in [0.1, 0.15) is 49.4 Å². The summed E-state index contributed by atoms with van der Waals surface area (Å²) in [6.45, 7) is 3.73. The number of aliphatic hydroxyl groups is 2. The van der Waals surface area contributed by atoms with E-state index in [1.807, 2.05) is 13.8 Å². The van der Waals surface area contributed by atoms with Gasteiger partial charge in [0.2, 0.25) is 10.0 Å². The van der Waals surface area contributed by atoms with Crippen molar-refractivity contribution in [2.75, 3.05) is 10.6 Å². The number of ether oxygens (including phenoxy) is 1. The van der Waals surface area contributed by atoms with Crippen LogP contribution in [0, 0.1) is 5.82 Å². The zero-order chi connectivity index (χ0) is 29.2. The largest absolute Gasteiger partial charge is 0.487 e. The van der Waals surface area contributed by atoms with Gasteiger partial charge in [-0.1, -0.05) is 50.3 Å². The van der Waals surface area contributed by atoms with Gasteiger partial charge in [0.25, 0.3) is 0 Å². The molecule has 0 saturated carbocycles. The van der Waals surface area contributed by atoms with Gasteiger partial charge in [-0.3, -0.25) is 4.79 Å². The van der Waals surface area contributed by atoms with E-state index in [0.29, 0.717) is 39.4 Å². The molecule has 1 aromatic heterocycles. The number of sulfonamides is 1. The Morgan fingerprint density at radius 2 is 1.82 bits per heavy atom. The Labute approximate surface area is 232 Å². The number of para-hydroxylation sites is 2. The molecule has 0 spiro atoms. The fraction of sp³-hybridized carbons (Fsp3) is 0.310. The third-order valence-corrected chi connectivity index (χ3v) is 7.44. The number of carbonyl (C=O) groups is 1. The van der Waals surface area contributed by atoms with E-state index in [1.165, 1.54) is 18.2 Å². The Kier molecular flexibility index (Phi) is 8.57. The van der Waals surface area contributed by atoms with E-state index in [-0.39, 0.29) is 24.8 Å². The average Bonchev–Trinajstić information content (AvgIpc) is 3.03. The fourth-order valence-corrected chi connectivity index (χ4v) is 5.67. The minimum atomic E-state index is -3.89. The molecule has 0 bridgehead atoms. The highest BCUT2D eigenvalue weighted by atomic mass is 32.2. The molecule has 212 valence electrons. The summed E-state index contributed by atoms with van der Waals surface area (Å²) in [5, 5.41) is 29.4. The van der Waals surface area contributed by atoms with Gasteiger partial charge in [0, 0.05) is 23.1 Å². The number of aromatic nitrogens is 1. The number of rotatable bonds is 9. The molecular weight excluding hydrogens is 539 g/mol. The van der Waals surface area contributed by atoms with Crippen LogP contribution in [-0.4, -0.2) is 53.2 Å². The highest BCUT2D eigenvalue weighted by molar-refractivity contribution is 7.92. The maximum absolute atomic E-state index is 13.9. The molecule has 1 aliphatic rings. The molecule has 0 aliphatic carbocycles. The SMILES string of the molecule is CC(C)c1nc2c(c(-c3ccc(F)cc3)c1C=C[C@@H](O)C[C@@H](O)CC(=O)O)COc1ccccc1N2S(C)(=O)=O. The maximum atomic E-state index is 13.9. The van der Waals surface area contributed by atoms with Crippen molar-refractivity contribution in [1.29, 1.82) is 0 Å². The summed E-state index contributed by atoms with van der Waals surface area (Å²) >= 11 is 0. The fourth-order valence-electron chi connectivity index (χ4n) is 4.70. The quantitative estimate of drug-likeness (QED) is 0.340. The number of anilines is 2. The number of pyridine rings is 1. The van der Waals surface area contributed by atoms with Crippen LogP contribution in [0.25, 0.3) is 17.2 Å². The Bertz CT molecular complexity index is 1540. The van der Waals surface area contributed by atoms with Gasteiger partial charge in [0.1, 0.15) is 23.9 Å². The second-order valence-corrected chi connectivity index (χ2v) is 11.8. The molecular formula is C29H31FN2O7S. The average molecular weight is 571 g/mol. The minimum Gasteiger partial charge on any atom is -0.487 e. The Morgan fingerprint density at radius 1 is 1.15 bits per heavy atom. The van der Waals surface area contributed by atoms with Crippen molar-refractivity contribution < 1.29 is 37.7 Å². The number of hydrogen-bond acceptors (Lipinski definition) is 7. The number of hydrogen-bond donors (Lipinski definition) is 3. The summed E-state index contributed by atoms with van der Waals surface area (Å²) in [6.07, 6.45) is 0.976. The van der Waals surface area contributed by atoms with Crippen LogP contribution in [0.15, 0.2) is 54.6 Å². The summed E-state index contributed by atoms with van der Waals surface area (Å²) < 4.78 is 47.5. The number of halogens is 1. The lowest BCUT2D eigenvalue weighted by molar-refractivity contribution is -0.139. The van der Waals surface area contributed by atoms with Crippen molar-refractivity contribution >= 4 is 33.6 Å². The highest BCUT2D eigenvalue weighted by Gasteiger charge is 2.33. The van der Waals surface area contributed by atoms with Gasteiger partial charge in [-0.2, -0.15) is 0 Å². The summed E-state index contributed by atoms with van der Waals surface area (Å²) in [5.74, 6) is -1.34. The first kappa shape index (κ1) is 29.2. The molecule has 3 aromatic rings. The molecule has 2 aromatic carbocycles. The lowest BCUT2D eigenvalue weighted by atomic mass is 9.90. The number of fused-ring (bicyclic) bond motifs is 2. The standard InChI is InChI=1S/C29H31FN2O7S/c1-17(2)28-22(13-12-20(33)14-21(34)15-26(35)36)27(18-8-10-19(30)11-9-18)23-16-39-25-7-5-4-6-24(25)32(29(23)31-28)40(3,37)38/h4-13,17,20-21,33-34H,14-16H2,1-3H3,(H,35,36)/t20-,21-/m1/s1. The molecule has 1 aliphatic heterocycles. The van der Waals surface area contributed by atoms with Crippen molar-refractivity contribution in [3.05, 3.63) is 77.2 Å². The Morgan fingerprint density at radius 3 is 2.45 bits per heavy atom. The van der Waals surface area contributed by atoms with Gasteiger partial charge < -0.3 is 20.1 Å².